The van der Waals surface area contributed by atoms with Crippen LogP contribution in [0.5, 0.6) is 11.5 Å². The third-order valence-corrected chi connectivity index (χ3v) is 5.37. The lowest BCUT2D eigenvalue weighted by molar-refractivity contribution is -0.274. The van der Waals surface area contributed by atoms with E-state index in [0.29, 0.717) is 47.7 Å². The molecule has 174 valence electrons. The molecule has 1 fully saturated rings. The first-order valence-corrected chi connectivity index (χ1v) is 10.6. The molecule has 0 aromatic heterocycles. The van der Waals surface area contributed by atoms with Crippen LogP contribution >= 0.6 is 23.2 Å². The van der Waals surface area contributed by atoms with Gasteiger partial charge in [-0.25, -0.2) is 0 Å². The van der Waals surface area contributed by atoms with Gasteiger partial charge in [0.05, 0.1) is 16.6 Å². The van der Waals surface area contributed by atoms with Crippen LogP contribution in [0, 0.1) is 0 Å². The monoisotopic (exact) mass is 491 g/mol. The number of alkyl halides is 3. The highest BCUT2D eigenvalue weighted by atomic mass is 35.5. The molecule has 32 heavy (non-hydrogen) atoms. The maximum atomic E-state index is 12.2. The van der Waals surface area contributed by atoms with Crippen molar-refractivity contribution in [2.75, 3.05) is 51.2 Å². The number of hydrogen-bond donors (Lipinski definition) is 1. The van der Waals surface area contributed by atoms with E-state index in [1.807, 2.05) is 4.90 Å². The van der Waals surface area contributed by atoms with Crippen LogP contribution in [0.25, 0.3) is 0 Å². The van der Waals surface area contributed by atoms with Gasteiger partial charge in [-0.2, -0.15) is 0 Å². The highest BCUT2D eigenvalue weighted by molar-refractivity contribution is 6.37. The van der Waals surface area contributed by atoms with E-state index in [2.05, 4.69) is 15.0 Å². The number of carbonyl (C=O) groups is 1. The zero-order valence-electron chi connectivity index (χ0n) is 17.0. The topological polar surface area (TPSA) is 54.0 Å². The normalized spacial score (nSPS) is 15.4. The quantitative estimate of drug-likeness (QED) is 0.587. The Morgan fingerprint density at radius 3 is 2.16 bits per heavy atom. The fraction of sp³-hybridized carbons (Fsp3) is 0.381. The Hall–Kier alpha value is -2.20. The number of hydrogen-bond acceptors (Lipinski definition) is 5. The maximum absolute atomic E-state index is 12.2. The summed E-state index contributed by atoms with van der Waals surface area (Å²) in [6.45, 7) is 4.30. The van der Waals surface area contributed by atoms with Gasteiger partial charge >= 0.3 is 6.36 Å². The van der Waals surface area contributed by atoms with Crippen LogP contribution in [0.1, 0.15) is 0 Å². The minimum atomic E-state index is -4.75. The number of rotatable bonds is 8. The van der Waals surface area contributed by atoms with Crippen molar-refractivity contribution in [2.45, 2.75) is 6.36 Å². The van der Waals surface area contributed by atoms with E-state index in [0.717, 1.165) is 25.2 Å². The molecule has 0 aliphatic carbocycles. The molecular formula is C21H22Cl2F3N3O3. The van der Waals surface area contributed by atoms with Crippen LogP contribution in [-0.2, 0) is 4.79 Å². The van der Waals surface area contributed by atoms with E-state index in [1.165, 1.54) is 12.1 Å². The number of benzene rings is 2. The molecule has 1 heterocycles. The second-order valence-corrected chi connectivity index (χ2v) is 7.95. The largest absolute Gasteiger partial charge is 0.573 e. The van der Waals surface area contributed by atoms with Crippen LogP contribution in [0.3, 0.4) is 0 Å². The van der Waals surface area contributed by atoms with Crippen LogP contribution < -0.4 is 14.8 Å². The molecule has 6 nitrogen and oxygen atoms in total. The van der Waals surface area contributed by atoms with Crippen LogP contribution in [0.2, 0.25) is 10.0 Å². The highest BCUT2D eigenvalue weighted by Gasteiger charge is 2.31. The molecular weight excluding hydrogens is 470 g/mol. The molecule has 0 saturated carbocycles. The van der Waals surface area contributed by atoms with Gasteiger partial charge in [-0.1, -0.05) is 29.3 Å². The number of piperazine rings is 1. The van der Waals surface area contributed by atoms with Crippen molar-refractivity contribution in [3.63, 3.8) is 0 Å². The standard InChI is InChI=1S/C21H22Cl2F3N3O3/c22-17-2-1-3-18(23)20(17)31-13-12-28-8-10-29(11-9-28)14-19(30)27-15-4-6-16(7-5-15)32-21(24,25)26/h1-7H,8-14H2,(H,27,30). The summed E-state index contributed by atoms with van der Waals surface area (Å²) in [5.74, 6) is -0.101. The molecule has 1 aliphatic rings. The first-order valence-electron chi connectivity index (χ1n) is 9.87. The summed E-state index contributed by atoms with van der Waals surface area (Å²) in [7, 11) is 0. The molecule has 1 N–H and O–H groups in total. The number of nitrogens with zero attached hydrogens (tertiary/aromatic N) is 2. The average Bonchev–Trinajstić information content (AvgIpc) is 2.72. The number of amides is 1. The zero-order valence-corrected chi connectivity index (χ0v) is 18.5. The molecule has 0 radical (unpaired) electrons. The Bertz CT molecular complexity index is 885. The molecule has 1 aliphatic heterocycles. The summed E-state index contributed by atoms with van der Waals surface area (Å²) >= 11 is 12.2. The number of carbonyl (C=O) groups excluding carboxylic acids is 1. The molecule has 0 bridgehead atoms. The lowest BCUT2D eigenvalue weighted by Gasteiger charge is -2.34. The van der Waals surface area contributed by atoms with Crippen molar-refractivity contribution >= 4 is 34.8 Å². The van der Waals surface area contributed by atoms with Gasteiger partial charge in [0, 0.05) is 38.4 Å². The zero-order chi connectivity index (χ0) is 23.1. The predicted octanol–water partition coefficient (Wildman–Crippen LogP) is 4.53. The van der Waals surface area contributed by atoms with E-state index in [1.54, 1.807) is 18.2 Å². The lowest BCUT2D eigenvalue weighted by Crippen LogP contribution is -2.49. The van der Waals surface area contributed by atoms with Crippen molar-refractivity contribution in [1.29, 1.82) is 0 Å². The third kappa shape index (κ3) is 7.74. The Balaban J connectivity index is 1.36. The van der Waals surface area contributed by atoms with Crippen molar-refractivity contribution in [1.82, 2.24) is 9.80 Å². The van der Waals surface area contributed by atoms with Crippen molar-refractivity contribution in [3.05, 3.63) is 52.5 Å². The van der Waals surface area contributed by atoms with Gasteiger partial charge in [-0.3, -0.25) is 14.6 Å². The number of para-hydroxylation sites is 1. The molecule has 1 amide bonds. The second kappa shape index (κ2) is 11.1. The van der Waals surface area contributed by atoms with Gasteiger partial charge in [-0.05, 0) is 36.4 Å². The number of ether oxygens (including phenoxy) is 2. The summed E-state index contributed by atoms with van der Waals surface area (Å²) in [6, 6.07) is 10.2. The molecule has 0 atom stereocenters. The number of nitrogens with one attached hydrogen (secondary N) is 1. The maximum Gasteiger partial charge on any atom is 0.573 e. The Kier molecular flexibility index (Phi) is 8.47. The number of anilines is 1. The Morgan fingerprint density at radius 2 is 1.56 bits per heavy atom. The first kappa shape index (κ1) is 24.4. The van der Waals surface area contributed by atoms with E-state index >= 15 is 0 Å². The number of halogens is 5. The van der Waals surface area contributed by atoms with Crippen molar-refractivity contribution < 1.29 is 27.4 Å². The van der Waals surface area contributed by atoms with Crippen LogP contribution in [0.4, 0.5) is 18.9 Å². The highest BCUT2D eigenvalue weighted by Crippen LogP contribution is 2.32. The summed E-state index contributed by atoms with van der Waals surface area (Å²) in [6.07, 6.45) is -4.75. The van der Waals surface area contributed by atoms with E-state index in [4.69, 9.17) is 27.9 Å². The lowest BCUT2D eigenvalue weighted by atomic mass is 10.3. The van der Waals surface area contributed by atoms with Gasteiger partial charge in [0.1, 0.15) is 12.4 Å². The van der Waals surface area contributed by atoms with Gasteiger partial charge in [0.2, 0.25) is 5.91 Å². The van der Waals surface area contributed by atoms with E-state index in [-0.39, 0.29) is 18.2 Å². The molecule has 0 spiro atoms. The summed E-state index contributed by atoms with van der Waals surface area (Å²) in [5.41, 5.74) is 0.401. The molecule has 2 aromatic rings. The molecule has 1 saturated heterocycles. The average molecular weight is 492 g/mol. The minimum Gasteiger partial charge on any atom is -0.489 e. The van der Waals surface area contributed by atoms with Gasteiger partial charge in [0.25, 0.3) is 0 Å². The second-order valence-electron chi connectivity index (χ2n) is 7.14. The summed E-state index contributed by atoms with van der Waals surface area (Å²) in [4.78, 5) is 16.5. The fourth-order valence-electron chi connectivity index (χ4n) is 3.21. The van der Waals surface area contributed by atoms with E-state index in [9.17, 15) is 18.0 Å². The summed E-state index contributed by atoms with van der Waals surface area (Å²) < 4.78 is 46.1. The molecule has 3 rings (SSSR count). The minimum absolute atomic E-state index is 0.195. The fourth-order valence-corrected chi connectivity index (χ4v) is 3.72. The van der Waals surface area contributed by atoms with Gasteiger partial charge < -0.3 is 14.8 Å². The smallest absolute Gasteiger partial charge is 0.489 e. The SMILES string of the molecule is O=C(CN1CCN(CCOc2c(Cl)cccc2Cl)CC1)Nc1ccc(OC(F)(F)F)cc1. The van der Waals surface area contributed by atoms with Crippen LogP contribution in [-0.4, -0.2) is 67.9 Å². The van der Waals surface area contributed by atoms with Crippen molar-refractivity contribution in [2.24, 2.45) is 0 Å². The predicted molar refractivity (Wildman–Crippen MR) is 117 cm³/mol. The Labute approximate surface area is 193 Å². The van der Waals surface area contributed by atoms with Crippen LogP contribution in [0.15, 0.2) is 42.5 Å². The van der Waals surface area contributed by atoms with Crippen molar-refractivity contribution in [3.8, 4) is 11.5 Å². The Morgan fingerprint density at radius 1 is 0.969 bits per heavy atom. The summed E-state index contributed by atoms with van der Waals surface area (Å²) in [5, 5.41) is 3.61. The molecule has 2 aromatic carbocycles. The molecule has 11 heteroatoms. The first-order chi connectivity index (χ1) is 15.2. The third-order valence-electron chi connectivity index (χ3n) is 4.78. The van der Waals surface area contributed by atoms with E-state index < -0.39 is 6.36 Å². The van der Waals surface area contributed by atoms with Gasteiger partial charge in [-0.15, -0.1) is 13.2 Å². The van der Waals surface area contributed by atoms with Gasteiger partial charge in [0.15, 0.2) is 5.75 Å². The molecule has 0 unspecified atom stereocenters.